The van der Waals surface area contributed by atoms with E-state index in [9.17, 15) is 17.2 Å². The van der Waals surface area contributed by atoms with Crippen molar-refractivity contribution in [3.8, 4) is 0 Å². The van der Waals surface area contributed by atoms with Crippen molar-refractivity contribution in [1.82, 2.24) is 4.72 Å². The summed E-state index contributed by atoms with van der Waals surface area (Å²) in [7, 11) is -4.26. The highest BCUT2D eigenvalue weighted by atomic mass is 32.2. The first-order chi connectivity index (χ1) is 10.5. The molecule has 22 heavy (non-hydrogen) atoms. The van der Waals surface area contributed by atoms with Crippen molar-refractivity contribution in [1.29, 1.82) is 0 Å². The summed E-state index contributed by atoms with van der Waals surface area (Å²) in [5, 5.41) is 2.74. The summed E-state index contributed by atoms with van der Waals surface area (Å²) in [5.41, 5.74) is 0.765. The Morgan fingerprint density at radius 1 is 1.00 bits per heavy atom. The SMILES string of the molecule is O=S(=O)(NCc1csc2ccccc12)c1c(F)cccc1F. The van der Waals surface area contributed by atoms with E-state index in [4.69, 9.17) is 0 Å². The zero-order valence-corrected chi connectivity index (χ0v) is 12.8. The summed E-state index contributed by atoms with van der Waals surface area (Å²) in [6.07, 6.45) is 0. The highest BCUT2D eigenvalue weighted by Gasteiger charge is 2.23. The van der Waals surface area contributed by atoms with E-state index >= 15 is 0 Å². The monoisotopic (exact) mass is 339 g/mol. The van der Waals surface area contributed by atoms with Crippen molar-refractivity contribution >= 4 is 31.4 Å². The van der Waals surface area contributed by atoms with Crippen molar-refractivity contribution < 1.29 is 17.2 Å². The Morgan fingerprint density at radius 2 is 1.68 bits per heavy atom. The number of hydrogen-bond donors (Lipinski definition) is 1. The van der Waals surface area contributed by atoms with Crippen molar-refractivity contribution in [3.05, 3.63) is 65.0 Å². The molecule has 1 heterocycles. The molecule has 1 N–H and O–H groups in total. The lowest BCUT2D eigenvalue weighted by atomic mass is 10.2. The molecule has 0 atom stereocenters. The highest BCUT2D eigenvalue weighted by molar-refractivity contribution is 7.89. The molecule has 3 aromatic rings. The van der Waals surface area contributed by atoms with Gasteiger partial charge in [0.05, 0.1) is 0 Å². The van der Waals surface area contributed by atoms with Crippen LogP contribution in [0.4, 0.5) is 8.78 Å². The van der Waals surface area contributed by atoms with Crippen LogP contribution in [0.3, 0.4) is 0 Å². The third-order valence-corrected chi connectivity index (χ3v) is 5.67. The Bertz CT molecular complexity index is 915. The number of fused-ring (bicyclic) bond motifs is 1. The average molecular weight is 339 g/mol. The molecule has 0 aliphatic carbocycles. The molecule has 1 aromatic heterocycles. The Hall–Kier alpha value is -1.83. The highest BCUT2D eigenvalue weighted by Crippen LogP contribution is 2.26. The second kappa shape index (κ2) is 5.75. The number of thiophene rings is 1. The fourth-order valence-electron chi connectivity index (χ4n) is 2.15. The molecular weight excluding hydrogens is 328 g/mol. The summed E-state index contributed by atoms with van der Waals surface area (Å²) in [5.74, 6) is -2.22. The minimum atomic E-state index is -4.26. The summed E-state index contributed by atoms with van der Waals surface area (Å²) in [4.78, 5) is -0.950. The largest absolute Gasteiger partial charge is 0.246 e. The van der Waals surface area contributed by atoms with Gasteiger partial charge in [-0.3, -0.25) is 0 Å². The molecule has 7 heteroatoms. The molecule has 0 unspecified atom stereocenters. The molecule has 2 aromatic carbocycles. The van der Waals surface area contributed by atoms with Crippen molar-refractivity contribution in [2.45, 2.75) is 11.4 Å². The number of hydrogen-bond acceptors (Lipinski definition) is 3. The summed E-state index contributed by atoms with van der Waals surface area (Å²) >= 11 is 1.48. The van der Waals surface area contributed by atoms with Gasteiger partial charge in [-0.1, -0.05) is 24.3 Å². The Kier molecular flexibility index (Phi) is 3.94. The van der Waals surface area contributed by atoms with Crippen molar-refractivity contribution in [2.75, 3.05) is 0 Å². The smallest absolute Gasteiger partial charge is 0.207 e. The van der Waals surface area contributed by atoms with E-state index in [2.05, 4.69) is 4.72 Å². The molecule has 0 amide bonds. The Labute approximate surface area is 130 Å². The van der Waals surface area contributed by atoms with Crippen LogP contribution in [0.5, 0.6) is 0 Å². The number of benzene rings is 2. The maximum atomic E-state index is 13.6. The number of rotatable bonds is 4. The van der Waals surface area contributed by atoms with E-state index in [0.29, 0.717) is 0 Å². The first-order valence-corrected chi connectivity index (χ1v) is 8.74. The van der Waals surface area contributed by atoms with E-state index in [1.807, 2.05) is 29.6 Å². The predicted molar refractivity (Wildman–Crippen MR) is 82.2 cm³/mol. The first-order valence-electron chi connectivity index (χ1n) is 6.38. The van der Waals surface area contributed by atoms with Gasteiger partial charge in [0.15, 0.2) is 4.90 Å². The molecule has 0 aliphatic rings. The van der Waals surface area contributed by atoms with Gasteiger partial charge in [0.1, 0.15) is 11.6 Å². The molecule has 0 radical (unpaired) electrons. The van der Waals surface area contributed by atoms with Crippen LogP contribution < -0.4 is 4.72 Å². The Morgan fingerprint density at radius 3 is 2.41 bits per heavy atom. The minimum Gasteiger partial charge on any atom is -0.207 e. The normalized spacial score (nSPS) is 11.9. The van der Waals surface area contributed by atoms with Gasteiger partial charge in [-0.05, 0) is 34.5 Å². The second-order valence-electron chi connectivity index (χ2n) is 4.63. The van der Waals surface area contributed by atoms with Crippen molar-refractivity contribution in [3.63, 3.8) is 0 Å². The second-order valence-corrected chi connectivity index (χ2v) is 7.25. The third-order valence-electron chi connectivity index (χ3n) is 3.20. The van der Waals surface area contributed by atoms with Crippen LogP contribution in [0.2, 0.25) is 0 Å². The van der Waals surface area contributed by atoms with Crippen LogP contribution in [0, 0.1) is 11.6 Å². The fourth-order valence-corrected chi connectivity index (χ4v) is 4.26. The van der Waals surface area contributed by atoms with Gasteiger partial charge in [0.2, 0.25) is 10.0 Å². The molecule has 0 saturated heterocycles. The summed E-state index contributed by atoms with van der Waals surface area (Å²) in [6, 6.07) is 10.5. The average Bonchev–Trinajstić information content (AvgIpc) is 2.88. The molecule has 114 valence electrons. The van der Waals surface area contributed by atoms with E-state index in [0.717, 1.165) is 33.8 Å². The van der Waals surface area contributed by atoms with E-state index in [1.54, 1.807) is 0 Å². The van der Waals surface area contributed by atoms with Crippen LogP contribution in [0.25, 0.3) is 10.1 Å². The van der Waals surface area contributed by atoms with Gasteiger partial charge in [-0.2, -0.15) is 0 Å². The van der Waals surface area contributed by atoms with Crippen LogP contribution in [-0.4, -0.2) is 8.42 Å². The van der Waals surface area contributed by atoms with Crippen LogP contribution >= 0.6 is 11.3 Å². The quantitative estimate of drug-likeness (QED) is 0.788. The van der Waals surface area contributed by atoms with Gasteiger partial charge in [0.25, 0.3) is 0 Å². The molecule has 3 nitrogen and oxygen atoms in total. The lowest BCUT2D eigenvalue weighted by Gasteiger charge is -2.08. The van der Waals surface area contributed by atoms with Crippen LogP contribution in [0.1, 0.15) is 5.56 Å². The number of sulfonamides is 1. The van der Waals surface area contributed by atoms with Crippen LogP contribution in [0.15, 0.2) is 52.7 Å². The zero-order valence-electron chi connectivity index (χ0n) is 11.2. The first kappa shape index (κ1) is 15.1. The standard InChI is InChI=1S/C15H11F2NO2S2/c16-12-5-3-6-13(17)15(12)22(19,20)18-8-10-9-21-14-7-2-1-4-11(10)14/h1-7,9,18H,8H2. The lowest BCUT2D eigenvalue weighted by molar-refractivity contribution is 0.514. The van der Waals surface area contributed by atoms with Gasteiger partial charge >= 0.3 is 0 Å². The topological polar surface area (TPSA) is 46.2 Å². The van der Waals surface area contributed by atoms with Crippen molar-refractivity contribution in [2.24, 2.45) is 0 Å². The zero-order chi connectivity index (χ0) is 15.7. The number of halogens is 2. The van der Waals surface area contributed by atoms with E-state index in [1.165, 1.54) is 11.3 Å². The van der Waals surface area contributed by atoms with Gasteiger partial charge in [-0.15, -0.1) is 11.3 Å². The van der Waals surface area contributed by atoms with Gasteiger partial charge in [0, 0.05) is 11.2 Å². The lowest BCUT2D eigenvalue weighted by Crippen LogP contribution is -2.25. The predicted octanol–water partition coefficient (Wildman–Crippen LogP) is 3.66. The van der Waals surface area contributed by atoms with Gasteiger partial charge < -0.3 is 0 Å². The summed E-state index contributed by atoms with van der Waals surface area (Å²) in [6.45, 7) is -0.0277. The van der Waals surface area contributed by atoms with Gasteiger partial charge in [-0.25, -0.2) is 21.9 Å². The van der Waals surface area contributed by atoms with E-state index < -0.39 is 26.6 Å². The molecular formula is C15H11F2NO2S2. The van der Waals surface area contributed by atoms with Crippen LogP contribution in [-0.2, 0) is 16.6 Å². The molecule has 0 fully saturated rings. The fraction of sp³-hybridized carbons (Fsp3) is 0.0667. The summed E-state index contributed by atoms with van der Waals surface area (Å²) < 4.78 is 54.7. The molecule has 0 saturated carbocycles. The molecule has 3 rings (SSSR count). The van der Waals surface area contributed by atoms with E-state index in [-0.39, 0.29) is 6.54 Å². The molecule has 0 aliphatic heterocycles. The minimum absolute atomic E-state index is 0.0277. The molecule has 0 bridgehead atoms. The third kappa shape index (κ3) is 2.75. The maximum Gasteiger partial charge on any atom is 0.246 e. The maximum absolute atomic E-state index is 13.6. The molecule has 0 spiro atoms. The number of nitrogens with one attached hydrogen (secondary N) is 1. The Balaban J connectivity index is 1.90.